The van der Waals surface area contributed by atoms with E-state index in [4.69, 9.17) is 10.2 Å². The van der Waals surface area contributed by atoms with Gasteiger partial charge in [-0.15, -0.1) is 0 Å². The molecular formula is C27H33N7O. The Morgan fingerprint density at radius 2 is 1.97 bits per heavy atom. The minimum Gasteiger partial charge on any atom is -0.378 e. The number of imidazole rings is 1. The van der Waals surface area contributed by atoms with Crippen LogP contribution in [0.1, 0.15) is 82.5 Å². The molecule has 0 spiro atoms. The second-order valence-corrected chi connectivity index (χ2v) is 11.3. The summed E-state index contributed by atoms with van der Waals surface area (Å²) in [5.74, 6) is 1.38. The molecule has 3 aromatic rings. The number of hydrogen-bond acceptors (Lipinski definition) is 6. The van der Waals surface area contributed by atoms with Crippen molar-refractivity contribution < 1.29 is 5.11 Å². The molecule has 2 bridgehead atoms. The second-order valence-electron chi connectivity index (χ2n) is 11.3. The number of aliphatic hydroxyl groups excluding tert-OH is 1. The first-order valence-electron chi connectivity index (χ1n) is 13.1. The highest BCUT2D eigenvalue weighted by atomic mass is 16.3. The number of nitrogens with one attached hydrogen (secondary N) is 2. The van der Waals surface area contributed by atoms with Crippen LogP contribution in [0, 0.1) is 34.0 Å². The van der Waals surface area contributed by atoms with E-state index in [1.54, 1.807) is 0 Å². The van der Waals surface area contributed by atoms with E-state index in [2.05, 4.69) is 38.1 Å². The molecule has 35 heavy (non-hydrogen) atoms. The summed E-state index contributed by atoms with van der Waals surface area (Å²) in [6.07, 6.45) is 14.1. The third-order valence-electron chi connectivity index (χ3n) is 9.15. The highest BCUT2D eigenvalue weighted by Gasteiger charge is 2.54. The standard InChI is InChI=1S/C27H33N7O/c28-12-5-18-1-3-19(4-2-18)34-22(32-21-16-31-25-20(24(21)34)6-14-30-25)15-23(35)33-27-9-7-26(17-27,8-10-27)11-13-29/h6,14,16,18-19,23,33,35H,1-5,7-11,15,17H2,(H,30,31). The molecule has 0 radical (unpaired) electrons. The summed E-state index contributed by atoms with van der Waals surface area (Å²) in [5.41, 5.74) is 2.90. The van der Waals surface area contributed by atoms with Crippen LogP contribution in [-0.4, -0.2) is 36.4 Å². The van der Waals surface area contributed by atoms with Crippen molar-refractivity contribution in [2.45, 2.75) is 94.9 Å². The summed E-state index contributed by atoms with van der Waals surface area (Å²) >= 11 is 0. The largest absolute Gasteiger partial charge is 0.378 e. The molecule has 1 unspecified atom stereocenters. The fourth-order valence-corrected chi connectivity index (χ4v) is 7.42. The van der Waals surface area contributed by atoms with Crippen LogP contribution in [0.3, 0.4) is 0 Å². The minimum absolute atomic E-state index is 0.0576. The van der Waals surface area contributed by atoms with Crippen molar-refractivity contribution in [1.82, 2.24) is 24.8 Å². The Balaban J connectivity index is 1.29. The Morgan fingerprint density at radius 1 is 1.17 bits per heavy atom. The van der Waals surface area contributed by atoms with E-state index < -0.39 is 6.23 Å². The Labute approximate surface area is 205 Å². The zero-order valence-corrected chi connectivity index (χ0v) is 20.1. The van der Waals surface area contributed by atoms with Crippen molar-refractivity contribution in [3.8, 4) is 12.1 Å². The molecule has 3 N–H and O–H groups in total. The molecule has 0 amide bonds. The monoisotopic (exact) mass is 471 g/mol. The van der Waals surface area contributed by atoms with Crippen LogP contribution < -0.4 is 5.32 Å². The molecular weight excluding hydrogens is 438 g/mol. The topological polar surface area (TPSA) is 126 Å². The van der Waals surface area contributed by atoms with E-state index in [-0.39, 0.29) is 11.0 Å². The molecule has 0 saturated heterocycles. The van der Waals surface area contributed by atoms with E-state index in [1.807, 2.05) is 12.4 Å². The molecule has 3 aliphatic rings. The molecule has 8 heteroatoms. The molecule has 8 nitrogen and oxygen atoms in total. The number of aromatic amines is 1. The summed E-state index contributed by atoms with van der Waals surface area (Å²) in [6, 6.07) is 7.10. The number of nitriles is 2. The number of rotatable bonds is 7. The first-order chi connectivity index (χ1) is 17.0. The molecule has 0 aliphatic heterocycles. The lowest BCUT2D eigenvalue weighted by Crippen LogP contribution is -2.48. The predicted octanol–water partition coefficient (Wildman–Crippen LogP) is 4.62. The van der Waals surface area contributed by atoms with Gasteiger partial charge in [0.25, 0.3) is 0 Å². The maximum atomic E-state index is 11.2. The van der Waals surface area contributed by atoms with E-state index in [1.165, 1.54) is 0 Å². The maximum absolute atomic E-state index is 11.2. The van der Waals surface area contributed by atoms with Crippen molar-refractivity contribution in [2.75, 3.05) is 0 Å². The quantitative estimate of drug-likeness (QED) is 0.432. The number of hydrogen-bond donors (Lipinski definition) is 3. The SMILES string of the molecule is N#CCC1CCC(n2c(CC(O)NC34CCC(CC#N)(CC3)C4)nc3cnc4[nH]ccc4c32)CC1. The van der Waals surface area contributed by atoms with Crippen LogP contribution in [0.2, 0.25) is 0 Å². The highest BCUT2D eigenvalue weighted by molar-refractivity contribution is 6.01. The van der Waals surface area contributed by atoms with E-state index in [0.29, 0.717) is 31.2 Å². The highest BCUT2D eigenvalue weighted by Crippen LogP contribution is 2.58. The van der Waals surface area contributed by atoms with Crippen molar-refractivity contribution >= 4 is 22.1 Å². The molecule has 3 saturated carbocycles. The fourth-order valence-electron chi connectivity index (χ4n) is 7.42. The van der Waals surface area contributed by atoms with E-state index in [0.717, 1.165) is 85.7 Å². The van der Waals surface area contributed by atoms with Gasteiger partial charge < -0.3 is 14.7 Å². The fraction of sp³-hybridized carbons (Fsp3) is 0.630. The summed E-state index contributed by atoms with van der Waals surface area (Å²) in [5, 5.41) is 34.3. The van der Waals surface area contributed by atoms with Gasteiger partial charge in [-0.1, -0.05) is 0 Å². The van der Waals surface area contributed by atoms with Crippen LogP contribution in [-0.2, 0) is 6.42 Å². The molecule has 3 aliphatic carbocycles. The Bertz CT molecular complexity index is 1310. The van der Waals surface area contributed by atoms with Gasteiger partial charge in [0.1, 0.15) is 23.2 Å². The second kappa shape index (κ2) is 8.62. The van der Waals surface area contributed by atoms with Crippen LogP contribution in [0.15, 0.2) is 18.5 Å². The third-order valence-corrected chi connectivity index (χ3v) is 9.15. The van der Waals surface area contributed by atoms with E-state index in [9.17, 15) is 10.4 Å². The van der Waals surface area contributed by atoms with E-state index >= 15 is 0 Å². The van der Waals surface area contributed by atoms with Gasteiger partial charge >= 0.3 is 0 Å². The van der Waals surface area contributed by atoms with Crippen molar-refractivity contribution in [3.63, 3.8) is 0 Å². The van der Waals surface area contributed by atoms with Gasteiger partial charge in [-0.2, -0.15) is 10.5 Å². The van der Waals surface area contributed by atoms with Crippen molar-refractivity contribution in [2.24, 2.45) is 11.3 Å². The lowest BCUT2D eigenvalue weighted by atomic mass is 9.81. The van der Waals surface area contributed by atoms with Gasteiger partial charge in [0.05, 0.1) is 23.9 Å². The van der Waals surface area contributed by atoms with Gasteiger partial charge in [0.15, 0.2) is 0 Å². The number of fused-ring (bicyclic) bond motifs is 5. The van der Waals surface area contributed by atoms with Crippen LogP contribution in [0.5, 0.6) is 0 Å². The number of aromatic nitrogens is 4. The Kier molecular flexibility index (Phi) is 5.55. The lowest BCUT2D eigenvalue weighted by Gasteiger charge is -2.32. The van der Waals surface area contributed by atoms with Gasteiger partial charge in [-0.3, -0.25) is 5.32 Å². The van der Waals surface area contributed by atoms with Gasteiger partial charge in [-0.25, -0.2) is 9.97 Å². The molecule has 0 aromatic carbocycles. The van der Waals surface area contributed by atoms with Crippen molar-refractivity contribution in [1.29, 1.82) is 10.5 Å². The zero-order valence-electron chi connectivity index (χ0n) is 20.1. The Hall–Kier alpha value is -2.94. The average molecular weight is 472 g/mol. The summed E-state index contributed by atoms with van der Waals surface area (Å²) < 4.78 is 2.36. The number of nitrogens with zero attached hydrogens (tertiary/aromatic N) is 5. The molecule has 3 fully saturated rings. The number of pyridine rings is 1. The number of H-pyrrole nitrogens is 1. The molecule has 182 valence electrons. The van der Waals surface area contributed by atoms with Gasteiger partial charge in [0.2, 0.25) is 0 Å². The smallest absolute Gasteiger partial charge is 0.139 e. The summed E-state index contributed by atoms with van der Waals surface area (Å²) in [7, 11) is 0. The van der Waals surface area contributed by atoms with Gasteiger partial charge in [-0.05, 0) is 75.2 Å². The lowest BCUT2D eigenvalue weighted by molar-refractivity contribution is 0.0890. The van der Waals surface area contributed by atoms with Crippen LogP contribution in [0.25, 0.3) is 22.1 Å². The summed E-state index contributed by atoms with van der Waals surface area (Å²) in [6.45, 7) is 0. The van der Waals surface area contributed by atoms with Gasteiger partial charge in [0, 0.05) is 42.4 Å². The maximum Gasteiger partial charge on any atom is 0.139 e. The van der Waals surface area contributed by atoms with Crippen molar-refractivity contribution in [3.05, 3.63) is 24.3 Å². The first kappa shape index (κ1) is 22.5. The Morgan fingerprint density at radius 3 is 2.71 bits per heavy atom. The molecule has 1 atom stereocenters. The first-order valence-corrected chi connectivity index (χ1v) is 13.1. The summed E-state index contributed by atoms with van der Waals surface area (Å²) in [4.78, 5) is 12.8. The predicted molar refractivity (Wildman–Crippen MR) is 132 cm³/mol. The van der Waals surface area contributed by atoms with Crippen LogP contribution in [0.4, 0.5) is 0 Å². The minimum atomic E-state index is -0.689. The third kappa shape index (κ3) is 3.90. The molecule has 6 rings (SSSR count). The molecule has 3 heterocycles. The average Bonchev–Trinajstić information content (AvgIpc) is 3.60. The zero-order chi connectivity index (χ0) is 24.0. The molecule has 3 aromatic heterocycles. The number of aliphatic hydroxyl groups is 1. The van der Waals surface area contributed by atoms with Crippen LogP contribution >= 0.6 is 0 Å². The normalized spacial score (nSPS) is 31.1.